The summed E-state index contributed by atoms with van der Waals surface area (Å²) in [5.74, 6) is 0. The maximum Gasteiger partial charge on any atom is 0.0431 e. The summed E-state index contributed by atoms with van der Waals surface area (Å²) in [4.78, 5) is 0. The molecule has 0 aromatic heterocycles. The van der Waals surface area contributed by atoms with Gasteiger partial charge in [-0.3, -0.25) is 0 Å². The summed E-state index contributed by atoms with van der Waals surface area (Å²) in [5, 5.41) is 8.45. The third-order valence-electron chi connectivity index (χ3n) is 1.43. The van der Waals surface area contributed by atoms with Crippen molar-refractivity contribution in [3.8, 4) is 0 Å². The van der Waals surface area contributed by atoms with Gasteiger partial charge in [-0.1, -0.05) is 25.5 Å². The van der Waals surface area contributed by atoms with Crippen LogP contribution in [0, 0.1) is 0 Å². The first kappa shape index (κ1) is 9.70. The molecule has 1 heteroatoms. The van der Waals surface area contributed by atoms with Gasteiger partial charge in [0.25, 0.3) is 0 Å². The molecule has 0 fully saturated rings. The van der Waals surface area contributed by atoms with E-state index >= 15 is 0 Å². The smallest absolute Gasteiger partial charge is 0.0431 e. The summed E-state index contributed by atoms with van der Waals surface area (Å²) in [6, 6.07) is 0. The Kier molecular flexibility index (Phi) is 8.44. The van der Waals surface area contributed by atoms with Gasteiger partial charge in [0.1, 0.15) is 0 Å². The minimum Gasteiger partial charge on any atom is -0.396 e. The highest BCUT2D eigenvalue weighted by Gasteiger charge is 1.83. The minimum atomic E-state index is 0.345. The van der Waals surface area contributed by atoms with Crippen molar-refractivity contribution in [3.63, 3.8) is 0 Å². The zero-order valence-corrected chi connectivity index (χ0v) is 6.84. The Morgan fingerprint density at radius 3 is 2.50 bits per heavy atom. The van der Waals surface area contributed by atoms with E-state index in [0.717, 1.165) is 19.3 Å². The Morgan fingerprint density at radius 1 is 1.10 bits per heavy atom. The molecule has 0 bridgehead atoms. The second-order valence-corrected chi connectivity index (χ2v) is 2.45. The molecule has 0 saturated carbocycles. The molecule has 60 valence electrons. The number of unbranched alkanes of at least 4 members (excludes halogenated alkanes) is 3. The quantitative estimate of drug-likeness (QED) is 0.446. The van der Waals surface area contributed by atoms with Crippen molar-refractivity contribution in [1.82, 2.24) is 0 Å². The van der Waals surface area contributed by atoms with E-state index < -0.39 is 0 Å². The SMILES string of the molecule is CC/C=C/CCCCCO. The molecule has 0 rings (SSSR count). The van der Waals surface area contributed by atoms with Crippen LogP contribution in [-0.4, -0.2) is 11.7 Å². The molecule has 10 heavy (non-hydrogen) atoms. The standard InChI is InChI=1S/C9H18O/c1-2-3-4-5-6-7-8-9-10/h3-4,10H,2,5-9H2,1H3/b4-3+. The summed E-state index contributed by atoms with van der Waals surface area (Å²) in [7, 11) is 0. The first-order chi connectivity index (χ1) is 4.91. The molecule has 0 saturated heterocycles. The molecule has 0 spiro atoms. The second-order valence-electron chi connectivity index (χ2n) is 2.45. The lowest BCUT2D eigenvalue weighted by Gasteiger charge is -1.92. The van der Waals surface area contributed by atoms with Crippen LogP contribution in [0.4, 0.5) is 0 Å². The van der Waals surface area contributed by atoms with Crippen LogP contribution in [0.15, 0.2) is 12.2 Å². The third-order valence-corrected chi connectivity index (χ3v) is 1.43. The van der Waals surface area contributed by atoms with Crippen molar-refractivity contribution in [2.75, 3.05) is 6.61 Å². The van der Waals surface area contributed by atoms with Crippen molar-refractivity contribution < 1.29 is 5.11 Å². The molecule has 1 N–H and O–H groups in total. The summed E-state index contributed by atoms with van der Waals surface area (Å²) in [6.45, 7) is 2.49. The van der Waals surface area contributed by atoms with E-state index in [2.05, 4.69) is 19.1 Å². The lowest BCUT2D eigenvalue weighted by Crippen LogP contribution is -1.81. The summed E-state index contributed by atoms with van der Waals surface area (Å²) >= 11 is 0. The molecule has 0 unspecified atom stereocenters. The van der Waals surface area contributed by atoms with Gasteiger partial charge in [0.2, 0.25) is 0 Å². The van der Waals surface area contributed by atoms with Crippen LogP contribution < -0.4 is 0 Å². The van der Waals surface area contributed by atoms with E-state index in [9.17, 15) is 0 Å². The molecule has 0 aromatic carbocycles. The number of aliphatic hydroxyl groups excluding tert-OH is 1. The van der Waals surface area contributed by atoms with E-state index in [1.165, 1.54) is 12.8 Å². The van der Waals surface area contributed by atoms with Crippen molar-refractivity contribution in [2.45, 2.75) is 39.0 Å². The van der Waals surface area contributed by atoms with Gasteiger partial charge >= 0.3 is 0 Å². The zero-order valence-electron chi connectivity index (χ0n) is 6.84. The average molecular weight is 142 g/mol. The Morgan fingerprint density at radius 2 is 1.90 bits per heavy atom. The van der Waals surface area contributed by atoms with Gasteiger partial charge < -0.3 is 5.11 Å². The highest BCUT2D eigenvalue weighted by molar-refractivity contribution is 4.79. The van der Waals surface area contributed by atoms with Crippen molar-refractivity contribution in [2.24, 2.45) is 0 Å². The fourth-order valence-electron chi connectivity index (χ4n) is 0.835. The summed E-state index contributed by atoms with van der Waals surface area (Å²) < 4.78 is 0. The van der Waals surface area contributed by atoms with Gasteiger partial charge in [-0.2, -0.15) is 0 Å². The van der Waals surface area contributed by atoms with Gasteiger partial charge in [0.05, 0.1) is 0 Å². The second kappa shape index (κ2) is 8.70. The average Bonchev–Trinajstić information content (AvgIpc) is 1.97. The molecule has 0 amide bonds. The number of hydrogen-bond donors (Lipinski definition) is 1. The fraction of sp³-hybridized carbons (Fsp3) is 0.778. The van der Waals surface area contributed by atoms with Crippen LogP contribution in [0.25, 0.3) is 0 Å². The van der Waals surface area contributed by atoms with Crippen LogP contribution in [0.1, 0.15) is 39.0 Å². The predicted molar refractivity (Wildman–Crippen MR) is 45.0 cm³/mol. The van der Waals surface area contributed by atoms with Crippen LogP contribution >= 0.6 is 0 Å². The fourth-order valence-corrected chi connectivity index (χ4v) is 0.835. The van der Waals surface area contributed by atoms with E-state index in [0.29, 0.717) is 6.61 Å². The topological polar surface area (TPSA) is 20.2 Å². The van der Waals surface area contributed by atoms with Gasteiger partial charge in [0.15, 0.2) is 0 Å². The maximum absolute atomic E-state index is 8.45. The van der Waals surface area contributed by atoms with E-state index in [1.807, 2.05) is 0 Å². The van der Waals surface area contributed by atoms with Gasteiger partial charge in [-0.05, 0) is 25.7 Å². The van der Waals surface area contributed by atoms with Crippen molar-refractivity contribution in [3.05, 3.63) is 12.2 Å². The largest absolute Gasteiger partial charge is 0.396 e. The van der Waals surface area contributed by atoms with Crippen LogP contribution in [0.2, 0.25) is 0 Å². The Hall–Kier alpha value is -0.300. The number of hydrogen-bond acceptors (Lipinski definition) is 1. The van der Waals surface area contributed by atoms with E-state index in [1.54, 1.807) is 0 Å². The monoisotopic (exact) mass is 142 g/mol. The van der Waals surface area contributed by atoms with Gasteiger partial charge in [0, 0.05) is 6.61 Å². The van der Waals surface area contributed by atoms with Crippen molar-refractivity contribution in [1.29, 1.82) is 0 Å². The molecular formula is C9H18O. The lowest BCUT2D eigenvalue weighted by molar-refractivity contribution is 0.283. The van der Waals surface area contributed by atoms with Crippen molar-refractivity contribution >= 4 is 0 Å². The Bertz CT molecular complexity index is 76.8. The van der Waals surface area contributed by atoms with Crippen LogP contribution in [0.5, 0.6) is 0 Å². The highest BCUT2D eigenvalue weighted by Crippen LogP contribution is 1.99. The third kappa shape index (κ3) is 7.70. The molecule has 0 aromatic rings. The Labute approximate surface area is 63.8 Å². The summed E-state index contributed by atoms with van der Waals surface area (Å²) in [5.41, 5.74) is 0. The molecule has 0 radical (unpaired) electrons. The normalized spacial score (nSPS) is 11.0. The minimum absolute atomic E-state index is 0.345. The zero-order chi connectivity index (χ0) is 7.66. The van der Waals surface area contributed by atoms with Crippen LogP contribution in [0.3, 0.4) is 0 Å². The van der Waals surface area contributed by atoms with Gasteiger partial charge in [-0.25, -0.2) is 0 Å². The number of allylic oxidation sites excluding steroid dienone is 2. The molecule has 0 aliphatic heterocycles. The molecule has 0 aliphatic rings. The molecule has 0 atom stereocenters. The van der Waals surface area contributed by atoms with E-state index in [-0.39, 0.29) is 0 Å². The lowest BCUT2D eigenvalue weighted by atomic mass is 10.2. The number of aliphatic hydroxyl groups is 1. The predicted octanol–water partition coefficient (Wildman–Crippen LogP) is 2.51. The highest BCUT2D eigenvalue weighted by atomic mass is 16.2. The number of rotatable bonds is 6. The molecular weight excluding hydrogens is 124 g/mol. The summed E-state index contributed by atoms with van der Waals surface area (Å²) in [6.07, 6.45) is 10.1. The first-order valence-corrected chi connectivity index (χ1v) is 4.17. The molecule has 1 nitrogen and oxygen atoms in total. The molecule has 0 heterocycles. The van der Waals surface area contributed by atoms with Crippen LogP contribution in [-0.2, 0) is 0 Å². The molecule has 0 aliphatic carbocycles. The first-order valence-electron chi connectivity index (χ1n) is 4.17. The van der Waals surface area contributed by atoms with Gasteiger partial charge in [-0.15, -0.1) is 0 Å². The Balaban J connectivity index is 2.83. The maximum atomic E-state index is 8.45. The van der Waals surface area contributed by atoms with E-state index in [4.69, 9.17) is 5.11 Å².